The van der Waals surface area contributed by atoms with Crippen LogP contribution >= 0.6 is 0 Å². The van der Waals surface area contributed by atoms with Crippen LogP contribution in [0.4, 0.5) is 0 Å². The molecular weight excluding hydrogens is 136 g/mol. The van der Waals surface area contributed by atoms with Crippen LogP contribution in [0.2, 0.25) is 0 Å². The predicted molar refractivity (Wildman–Crippen MR) is 31.3 cm³/mol. The van der Waals surface area contributed by atoms with Gasteiger partial charge in [-0.2, -0.15) is 0 Å². The molecule has 2 fully saturated rings. The van der Waals surface area contributed by atoms with Gasteiger partial charge in [0.2, 0.25) is 0 Å². The van der Waals surface area contributed by atoms with Crippen LogP contribution in [-0.2, 0) is 4.74 Å². The first kappa shape index (κ1) is 6.54. The van der Waals surface area contributed by atoms with E-state index >= 15 is 0 Å². The standard InChI is InChI=1S/C6H10O4/c7-2-1-3-6(10-3)5(9)4(2)8/h2-9H,1H2/t2-,3+,4-,5-,6+/m1/s1. The predicted octanol–water partition coefficient (Wildman–Crippen LogP) is -1.76. The molecule has 0 amide bonds. The van der Waals surface area contributed by atoms with Crippen LogP contribution in [0.1, 0.15) is 6.42 Å². The molecule has 4 nitrogen and oxygen atoms in total. The highest BCUT2D eigenvalue weighted by atomic mass is 16.6. The fourth-order valence-electron chi connectivity index (χ4n) is 1.45. The zero-order valence-corrected chi connectivity index (χ0v) is 5.34. The van der Waals surface area contributed by atoms with Crippen molar-refractivity contribution < 1.29 is 20.1 Å². The Labute approximate surface area is 58.0 Å². The summed E-state index contributed by atoms with van der Waals surface area (Å²) in [7, 11) is 0. The average Bonchev–Trinajstić information content (AvgIpc) is 2.62. The van der Waals surface area contributed by atoms with Gasteiger partial charge in [0.15, 0.2) is 0 Å². The second-order valence-corrected chi connectivity index (χ2v) is 2.92. The molecule has 1 saturated carbocycles. The van der Waals surface area contributed by atoms with Crippen LogP contribution < -0.4 is 0 Å². The van der Waals surface area contributed by atoms with E-state index in [0.717, 1.165) is 0 Å². The summed E-state index contributed by atoms with van der Waals surface area (Å²) >= 11 is 0. The normalized spacial score (nSPS) is 59.7. The summed E-state index contributed by atoms with van der Waals surface area (Å²) in [5.74, 6) is 0. The first-order valence-electron chi connectivity index (χ1n) is 3.40. The van der Waals surface area contributed by atoms with Gasteiger partial charge < -0.3 is 20.1 Å². The first-order chi connectivity index (χ1) is 4.70. The highest BCUT2D eigenvalue weighted by Gasteiger charge is 2.54. The van der Waals surface area contributed by atoms with Gasteiger partial charge in [-0.3, -0.25) is 0 Å². The van der Waals surface area contributed by atoms with Crippen LogP contribution in [0.5, 0.6) is 0 Å². The molecular formula is C6H10O4. The fraction of sp³-hybridized carbons (Fsp3) is 1.00. The Hall–Kier alpha value is -0.160. The minimum absolute atomic E-state index is 0.0200. The maximum atomic E-state index is 9.12. The Morgan fingerprint density at radius 1 is 1.10 bits per heavy atom. The van der Waals surface area contributed by atoms with Crippen LogP contribution in [-0.4, -0.2) is 45.8 Å². The quantitative estimate of drug-likeness (QED) is 0.354. The van der Waals surface area contributed by atoms with Crippen LogP contribution in [0.15, 0.2) is 0 Å². The number of ether oxygens (including phenoxy) is 1. The topological polar surface area (TPSA) is 73.2 Å². The summed E-state index contributed by atoms with van der Waals surface area (Å²) in [6, 6.07) is 0. The Morgan fingerprint density at radius 3 is 2.50 bits per heavy atom. The van der Waals surface area contributed by atoms with Crippen molar-refractivity contribution in [3.8, 4) is 0 Å². The first-order valence-corrected chi connectivity index (χ1v) is 3.40. The molecule has 4 heteroatoms. The molecule has 0 aromatic rings. The number of hydrogen-bond donors (Lipinski definition) is 3. The van der Waals surface area contributed by atoms with Crippen LogP contribution in [0.3, 0.4) is 0 Å². The van der Waals surface area contributed by atoms with Crippen molar-refractivity contribution in [3.63, 3.8) is 0 Å². The lowest BCUT2D eigenvalue weighted by atomic mass is 9.92. The Balaban J connectivity index is 2.07. The molecule has 1 aliphatic carbocycles. The van der Waals surface area contributed by atoms with Gasteiger partial charge in [-0.05, 0) is 0 Å². The maximum Gasteiger partial charge on any atom is 0.113 e. The lowest BCUT2D eigenvalue weighted by molar-refractivity contribution is -0.0759. The smallest absolute Gasteiger partial charge is 0.113 e. The van der Waals surface area contributed by atoms with E-state index in [1.54, 1.807) is 0 Å². The van der Waals surface area contributed by atoms with Gasteiger partial charge in [-0.1, -0.05) is 0 Å². The minimum Gasteiger partial charge on any atom is -0.390 e. The molecule has 10 heavy (non-hydrogen) atoms. The van der Waals surface area contributed by atoms with E-state index in [-0.39, 0.29) is 12.2 Å². The molecule has 0 aromatic carbocycles. The van der Waals surface area contributed by atoms with Crippen LogP contribution in [0, 0.1) is 0 Å². The molecule has 0 radical (unpaired) electrons. The molecule has 1 saturated heterocycles. The number of epoxide rings is 1. The summed E-state index contributed by atoms with van der Waals surface area (Å²) < 4.78 is 4.96. The van der Waals surface area contributed by atoms with Gasteiger partial charge in [0.25, 0.3) is 0 Å². The van der Waals surface area contributed by atoms with Gasteiger partial charge in [0.05, 0.1) is 12.2 Å². The van der Waals surface area contributed by atoms with Crippen molar-refractivity contribution in [1.82, 2.24) is 0 Å². The number of fused-ring (bicyclic) bond motifs is 1. The third-order valence-corrected chi connectivity index (χ3v) is 2.18. The third kappa shape index (κ3) is 0.769. The molecule has 2 aliphatic rings. The van der Waals surface area contributed by atoms with Crippen molar-refractivity contribution in [3.05, 3.63) is 0 Å². The van der Waals surface area contributed by atoms with Crippen molar-refractivity contribution in [2.45, 2.75) is 36.9 Å². The molecule has 3 N–H and O–H groups in total. The van der Waals surface area contributed by atoms with Gasteiger partial charge >= 0.3 is 0 Å². The summed E-state index contributed by atoms with van der Waals surface area (Å²) in [4.78, 5) is 0. The average molecular weight is 146 g/mol. The highest BCUT2D eigenvalue weighted by molar-refractivity contribution is 5.02. The fourth-order valence-corrected chi connectivity index (χ4v) is 1.45. The summed E-state index contributed by atoms with van der Waals surface area (Å²) in [6.45, 7) is 0. The molecule has 5 atom stereocenters. The molecule has 2 rings (SSSR count). The van der Waals surface area contributed by atoms with Crippen molar-refractivity contribution in [1.29, 1.82) is 0 Å². The number of rotatable bonds is 0. The lowest BCUT2D eigenvalue weighted by Crippen LogP contribution is -2.45. The Kier molecular flexibility index (Phi) is 1.25. The third-order valence-electron chi connectivity index (χ3n) is 2.18. The summed E-state index contributed by atoms with van der Waals surface area (Å²) in [5.41, 5.74) is 0. The largest absolute Gasteiger partial charge is 0.390 e. The molecule has 0 unspecified atom stereocenters. The van der Waals surface area contributed by atoms with Crippen molar-refractivity contribution in [2.24, 2.45) is 0 Å². The number of hydrogen-bond acceptors (Lipinski definition) is 4. The molecule has 0 spiro atoms. The van der Waals surface area contributed by atoms with E-state index in [1.165, 1.54) is 0 Å². The summed E-state index contributed by atoms with van der Waals surface area (Å²) in [5, 5.41) is 27.2. The summed E-state index contributed by atoms with van der Waals surface area (Å²) in [6.07, 6.45) is -2.54. The zero-order chi connectivity index (χ0) is 7.30. The molecule has 58 valence electrons. The van der Waals surface area contributed by atoms with Gasteiger partial charge in [0.1, 0.15) is 18.3 Å². The van der Waals surface area contributed by atoms with E-state index in [2.05, 4.69) is 0 Å². The number of aliphatic hydroxyl groups excluding tert-OH is 3. The monoisotopic (exact) mass is 146 g/mol. The van der Waals surface area contributed by atoms with Crippen LogP contribution in [0.25, 0.3) is 0 Å². The number of aliphatic hydroxyl groups is 3. The SMILES string of the molecule is O[C@@H]1[C@H](O)[C@H](O)C[C@@H]2O[C@H]12. The minimum atomic E-state index is -1.02. The molecule has 0 aromatic heterocycles. The molecule has 0 bridgehead atoms. The molecule has 1 heterocycles. The van der Waals surface area contributed by atoms with E-state index in [0.29, 0.717) is 6.42 Å². The Bertz CT molecular complexity index is 147. The second-order valence-electron chi connectivity index (χ2n) is 2.92. The second kappa shape index (κ2) is 1.92. The zero-order valence-electron chi connectivity index (χ0n) is 5.34. The Morgan fingerprint density at radius 2 is 1.80 bits per heavy atom. The van der Waals surface area contributed by atoms with Crippen molar-refractivity contribution in [2.75, 3.05) is 0 Å². The van der Waals surface area contributed by atoms with Gasteiger partial charge in [-0.25, -0.2) is 0 Å². The highest BCUT2D eigenvalue weighted by Crippen LogP contribution is 2.36. The maximum absolute atomic E-state index is 9.12. The van der Waals surface area contributed by atoms with Gasteiger partial charge in [0, 0.05) is 6.42 Å². The van der Waals surface area contributed by atoms with E-state index < -0.39 is 18.3 Å². The van der Waals surface area contributed by atoms with E-state index in [1.807, 2.05) is 0 Å². The van der Waals surface area contributed by atoms with E-state index in [9.17, 15) is 0 Å². The molecule has 1 aliphatic heterocycles. The van der Waals surface area contributed by atoms with Crippen molar-refractivity contribution >= 4 is 0 Å². The lowest BCUT2D eigenvalue weighted by Gasteiger charge is -2.24. The van der Waals surface area contributed by atoms with E-state index in [4.69, 9.17) is 20.1 Å². The van der Waals surface area contributed by atoms with Gasteiger partial charge in [-0.15, -0.1) is 0 Å².